The fraction of sp³-hybridized carbons (Fsp3) is 0.276. The van der Waals surface area contributed by atoms with E-state index in [1.165, 1.54) is 17.8 Å². The largest absolute Gasteiger partial charge is 0.349 e. The number of hydrogen-bond donors (Lipinski definition) is 1. The van der Waals surface area contributed by atoms with Crippen LogP contribution in [0.15, 0.2) is 64.5 Å². The average Bonchev–Trinajstić information content (AvgIpc) is 3.36. The Kier molecular flexibility index (Phi) is 7.36. The standard InChI is InChI=1S/C29H27ClFN3O2S/c1-17-12-18(2)14-21(13-17)34-28(36)22-11-10-19(27(35)32-20-6-3-4-7-20)15-26(22)33-29(34)37-16-23-24(30)8-5-9-25(23)31/h5,8-15,20H,3-4,6-7,16H2,1-2H3,(H,32,35). The van der Waals surface area contributed by atoms with Crippen molar-refractivity contribution in [3.8, 4) is 5.69 Å². The van der Waals surface area contributed by atoms with Crippen molar-refractivity contribution in [3.05, 3.63) is 98.0 Å². The van der Waals surface area contributed by atoms with Gasteiger partial charge in [-0.15, -0.1) is 0 Å². The summed E-state index contributed by atoms with van der Waals surface area (Å²) in [6.07, 6.45) is 4.21. The second-order valence-electron chi connectivity index (χ2n) is 9.56. The van der Waals surface area contributed by atoms with Crippen LogP contribution >= 0.6 is 23.4 Å². The van der Waals surface area contributed by atoms with Gasteiger partial charge in [0.2, 0.25) is 0 Å². The lowest BCUT2D eigenvalue weighted by molar-refractivity contribution is 0.0938. The van der Waals surface area contributed by atoms with Gasteiger partial charge in [0.1, 0.15) is 5.82 Å². The Morgan fingerprint density at radius 1 is 1.11 bits per heavy atom. The van der Waals surface area contributed by atoms with Crippen LogP contribution in [0.3, 0.4) is 0 Å². The van der Waals surface area contributed by atoms with Crippen LogP contribution in [0.1, 0.15) is 52.7 Å². The van der Waals surface area contributed by atoms with Gasteiger partial charge in [0, 0.05) is 27.9 Å². The van der Waals surface area contributed by atoms with E-state index in [0.717, 1.165) is 36.8 Å². The summed E-state index contributed by atoms with van der Waals surface area (Å²) in [5, 5.41) is 4.21. The van der Waals surface area contributed by atoms with E-state index in [4.69, 9.17) is 16.6 Å². The first-order valence-corrected chi connectivity index (χ1v) is 13.7. The first-order chi connectivity index (χ1) is 17.8. The molecule has 1 heterocycles. The summed E-state index contributed by atoms with van der Waals surface area (Å²) in [5.74, 6) is -0.385. The number of benzene rings is 3. The molecule has 1 saturated carbocycles. The summed E-state index contributed by atoms with van der Waals surface area (Å²) in [7, 11) is 0. The van der Waals surface area contributed by atoms with Crippen molar-refractivity contribution in [1.29, 1.82) is 0 Å². The molecule has 1 aromatic heterocycles. The second kappa shape index (κ2) is 10.7. The van der Waals surface area contributed by atoms with Crippen molar-refractivity contribution in [2.45, 2.75) is 56.5 Å². The number of amides is 1. The number of carbonyl (C=O) groups is 1. The van der Waals surface area contributed by atoms with E-state index < -0.39 is 5.82 Å². The Morgan fingerprint density at radius 3 is 2.54 bits per heavy atom. The van der Waals surface area contributed by atoms with Gasteiger partial charge in [-0.3, -0.25) is 14.2 Å². The fourth-order valence-corrected chi connectivity index (χ4v) is 6.21. The molecule has 0 aliphatic heterocycles. The molecule has 1 aliphatic carbocycles. The fourth-order valence-electron chi connectivity index (χ4n) is 4.86. The Morgan fingerprint density at radius 2 is 1.84 bits per heavy atom. The molecule has 37 heavy (non-hydrogen) atoms. The molecule has 0 bridgehead atoms. The number of nitrogens with zero attached hydrogens (tertiary/aromatic N) is 2. The molecule has 1 amide bonds. The van der Waals surface area contributed by atoms with Crippen LogP contribution in [-0.2, 0) is 5.75 Å². The summed E-state index contributed by atoms with van der Waals surface area (Å²) in [6.45, 7) is 3.94. The van der Waals surface area contributed by atoms with E-state index in [1.54, 1.807) is 34.9 Å². The molecule has 4 aromatic rings. The first kappa shape index (κ1) is 25.5. The van der Waals surface area contributed by atoms with Crippen molar-refractivity contribution in [2.24, 2.45) is 0 Å². The predicted molar refractivity (Wildman–Crippen MR) is 148 cm³/mol. The quantitative estimate of drug-likeness (QED) is 0.219. The molecule has 0 atom stereocenters. The molecular formula is C29H27ClFN3O2S. The molecule has 0 saturated heterocycles. The second-order valence-corrected chi connectivity index (χ2v) is 10.9. The number of fused-ring (bicyclic) bond motifs is 1. The number of carbonyl (C=O) groups excluding carboxylic acids is 1. The summed E-state index contributed by atoms with van der Waals surface area (Å²) >= 11 is 7.49. The van der Waals surface area contributed by atoms with E-state index in [0.29, 0.717) is 37.9 Å². The van der Waals surface area contributed by atoms with Gasteiger partial charge in [-0.2, -0.15) is 0 Å². The normalized spacial score (nSPS) is 13.8. The third-order valence-electron chi connectivity index (χ3n) is 6.66. The van der Waals surface area contributed by atoms with E-state index in [9.17, 15) is 14.0 Å². The summed E-state index contributed by atoms with van der Waals surface area (Å²) < 4.78 is 16.0. The average molecular weight is 536 g/mol. The number of rotatable bonds is 6. The van der Waals surface area contributed by atoms with Gasteiger partial charge in [0.15, 0.2) is 5.16 Å². The molecular weight excluding hydrogens is 509 g/mol. The van der Waals surface area contributed by atoms with Crippen LogP contribution in [-0.4, -0.2) is 21.5 Å². The third kappa shape index (κ3) is 5.43. The van der Waals surface area contributed by atoms with Gasteiger partial charge in [-0.1, -0.05) is 48.3 Å². The van der Waals surface area contributed by atoms with Crippen LogP contribution in [0.2, 0.25) is 5.02 Å². The van der Waals surface area contributed by atoms with Crippen molar-refractivity contribution in [2.75, 3.05) is 0 Å². The Hall–Kier alpha value is -3.16. The van der Waals surface area contributed by atoms with Gasteiger partial charge in [0.05, 0.1) is 16.6 Å². The molecule has 1 aliphatic rings. The zero-order valence-corrected chi connectivity index (χ0v) is 22.3. The summed E-state index contributed by atoms with van der Waals surface area (Å²) in [4.78, 5) is 31.5. The van der Waals surface area contributed by atoms with Crippen LogP contribution in [0, 0.1) is 19.7 Å². The molecule has 0 radical (unpaired) electrons. The van der Waals surface area contributed by atoms with Crippen LogP contribution < -0.4 is 10.9 Å². The maximum absolute atomic E-state index is 14.5. The smallest absolute Gasteiger partial charge is 0.266 e. The zero-order valence-electron chi connectivity index (χ0n) is 20.7. The van der Waals surface area contributed by atoms with Gasteiger partial charge in [0.25, 0.3) is 11.5 Å². The molecule has 3 aromatic carbocycles. The summed E-state index contributed by atoms with van der Waals surface area (Å²) in [5.41, 5.74) is 3.68. The van der Waals surface area contributed by atoms with Crippen LogP contribution in [0.4, 0.5) is 4.39 Å². The van der Waals surface area contributed by atoms with Gasteiger partial charge < -0.3 is 5.32 Å². The highest BCUT2D eigenvalue weighted by Gasteiger charge is 2.20. The van der Waals surface area contributed by atoms with Crippen molar-refractivity contribution in [1.82, 2.24) is 14.9 Å². The zero-order chi connectivity index (χ0) is 26.1. The Labute approximate surface area is 224 Å². The highest BCUT2D eigenvalue weighted by atomic mass is 35.5. The highest BCUT2D eigenvalue weighted by Crippen LogP contribution is 2.30. The lowest BCUT2D eigenvalue weighted by atomic mass is 10.1. The summed E-state index contributed by atoms with van der Waals surface area (Å²) in [6, 6.07) is 15.6. The number of halogens is 2. The molecule has 1 N–H and O–H groups in total. The third-order valence-corrected chi connectivity index (χ3v) is 7.98. The molecule has 190 valence electrons. The van der Waals surface area contributed by atoms with Crippen LogP contribution in [0.5, 0.6) is 0 Å². The van der Waals surface area contributed by atoms with E-state index >= 15 is 0 Å². The minimum atomic E-state index is -0.410. The Balaban J connectivity index is 1.60. The van der Waals surface area contributed by atoms with E-state index in [1.807, 2.05) is 32.0 Å². The minimum Gasteiger partial charge on any atom is -0.349 e. The molecule has 8 heteroatoms. The van der Waals surface area contributed by atoms with E-state index in [2.05, 4.69) is 5.32 Å². The number of nitrogens with one attached hydrogen (secondary N) is 1. The molecule has 1 fully saturated rings. The van der Waals surface area contributed by atoms with Crippen LogP contribution in [0.25, 0.3) is 16.6 Å². The van der Waals surface area contributed by atoms with Crippen molar-refractivity contribution in [3.63, 3.8) is 0 Å². The lowest BCUT2D eigenvalue weighted by Gasteiger charge is -2.16. The number of hydrogen-bond acceptors (Lipinski definition) is 4. The van der Waals surface area contributed by atoms with Gasteiger partial charge in [-0.05, 0) is 80.3 Å². The number of aromatic nitrogens is 2. The van der Waals surface area contributed by atoms with E-state index in [-0.39, 0.29) is 23.3 Å². The van der Waals surface area contributed by atoms with Gasteiger partial charge >= 0.3 is 0 Å². The first-order valence-electron chi connectivity index (χ1n) is 12.3. The maximum Gasteiger partial charge on any atom is 0.266 e. The maximum atomic E-state index is 14.5. The minimum absolute atomic E-state index is 0.165. The van der Waals surface area contributed by atoms with Crippen molar-refractivity contribution >= 4 is 40.2 Å². The molecule has 0 unspecified atom stereocenters. The number of thioether (sulfide) groups is 1. The monoisotopic (exact) mass is 535 g/mol. The van der Waals surface area contributed by atoms with Gasteiger partial charge in [-0.25, -0.2) is 9.37 Å². The Bertz CT molecular complexity index is 1520. The SMILES string of the molecule is Cc1cc(C)cc(-n2c(SCc3c(F)cccc3Cl)nc3cc(C(=O)NC4CCCC4)ccc3c2=O)c1. The van der Waals surface area contributed by atoms with Crippen molar-refractivity contribution < 1.29 is 9.18 Å². The molecule has 5 rings (SSSR count). The molecule has 0 spiro atoms. The number of aryl methyl sites for hydroxylation is 2. The molecule has 5 nitrogen and oxygen atoms in total. The topological polar surface area (TPSA) is 64.0 Å². The highest BCUT2D eigenvalue weighted by molar-refractivity contribution is 7.98. The lowest BCUT2D eigenvalue weighted by Crippen LogP contribution is -2.32. The predicted octanol–water partition coefficient (Wildman–Crippen LogP) is 6.76.